The van der Waals surface area contributed by atoms with Crippen LogP contribution in [0.15, 0.2) is 66.9 Å². The molecule has 0 unspecified atom stereocenters. The van der Waals surface area contributed by atoms with Crippen molar-refractivity contribution in [2.45, 2.75) is 51.6 Å². The molecule has 0 atom stereocenters. The number of hydrogen-bond donors (Lipinski definition) is 0. The van der Waals surface area contributed by atoms with Crippen molar-refractivity contribution >= 4 is 11.3 Å². The second kappa shape index (κ2) is 12.4. The molecular weight excluding hydrogens is 559 g/mol. The number of benzene rings is 2. The van der Waals surface area contributed by atoms with Crippen LogP contribution < -0.4 is 9.47 Å². The molecule has 5 nitrogen and oxygen atoms in total. The molecule has 9 heteroatoms. The number of halogens is 3. The highest BCUT2D eigenvalue weighted by Gasteiger charge is 2.38. The van der Waals surface area contributed by atoms with Crippen molar-refractivity contribution in [2.75, 3.05) is 26.7 Å². The molecule has 0 saturated carbocycles. The van der Waals surface area contributed by atoms with E-state index in [4.69, 9.17) is 9.47 Å². The predicted molar refractivity (Wildman–Crippen MR) is 161 cm³/mol. The number of hydrogen-bond acceptors (Lipinski definition) is 6. The molecule has 0 N–H and O–H groups in total. The van der Waals surface area contributed by atoms with E-state index in [0.29, 0.717) is 46.0 Å². The van der Waals surface area contributed by atoms with E-state index in [1.807, 2.05) is 30.3 Å². The molecule has 0 spiro atoms. The van der Waals surface area contributed by atoms with Gasteiger partial charge in [0.2, 0.25) is 5.88 Å². The first-order valence-corrected chi connectivity index (χ1v) is 15.0. The molecule has 0 amide bonds. The fourth-order valence-corrected chi connectivity index (χ4v) is 6.19. The monoisotopic (exact) mass is 595 g/mol. The molecular formula is C33H36F3N3O2S. The highest BCUT2D eigenvalue weighted by molar-refractivity contribution is 7.15. The Hall–Kier alpha value is -3.43. The summed E-state index contributed by atoms with van der Waals surface area (Å²) in [5.41, 5.74) is 1.05. The maximum atomic E-state index is 14.2. The van der Waals surface area contributed by atoms with Crippen molar-refractivity contribution in [1.82, 2.24) is 14.9 Å². The Bertz CT molecular complexity index is 1500. The van der Waals surface area contributed by atoms with Crippen molar-refractivity contribution in [3.8, 4) is 27.8 Å². The number of para-hydroxylation sites is 1. The van der Waals surface area contributed by atoms with Gasteiger partial charge in [0.1, 0.15) is 11.5 Å². The van der Waals surface area contributed by atoms with Gasteiger partial charge < -0.3 is 14.4 Å². The summed E-state index contributed by atoms with van der Waals surface area (Å²) in [5, 5.41) is 0.330. The van der Waals surface area contributed by atoms with Crippen LogP contribution in [0.2, 0.25) is 0 Å². The Kier molecular flexibility index (Phi) is 8.89. The number of aromatic nitrogens is 2. The molecule has 4 aromatic rings. The minimum atomic E-state index is -4.60. The van der Waals surface area contributed by atoms with Crippen LogP contribution >= 0.6 is 11.3 Å². The zero-order valence-electron chi connectivity index (χ0n) is 24.4. The van der Waals surface area contributed by atoms with Gasteiger partial charge >= 0.3 is 6.18 Å². The third-order valence-corrected chi connectivity index (χ3v) is 8.56. The normalized spacial score (nSPS) is 15.1. The standard InChI is InChI=1S/C33H36F3N3O2S/c1-32(2,3)26-12-5-6-13-27(26)41-31-24(10-8-16-37-31)20-28-38-30(33(34,35)36)29(42-28)23-9-7-11-25(19-23)40-21-22-14-17-39(4)18-15-22/h5-13,16,19,22H,14-15,17-18,20-21H2,1-4H3. The van der Waals surface area contributed by atoms with E-state index < -0.39 is 11.9 Å². The quantitative estimate of drug-likeness (QED) is 0.204. The fraction of sp³-hybridized carbons (Fsp3) is 0.394. The van der Waals surface area contributed by atoms with Crippen molar-refractivity contribution in [1.29, 1.82) is 0 Å². The van der Waals surface area contributed by atoms with E-state index in [0.717, 1.165) is 42.8 Å². The Balaban J connectivity index is 1.39. The Morgan fingerprint density at radius 3 is 2.48 bits per heavy atom. The maximum absolute atomic E-state index is 14.2. The van der Waals surface area contributed by atoms with Crippen LogP contribution in [0.3, 0.4) is 0 Å². The zero-order valence-corrected chi connectivity index (χ0v) is 25.2. The van der Waals surface area contributed by atoms with Gasteiger partial charge in [-0.1, -0.05) is 57.2 Å². The highest BCUT2D eigenvalue weighted by Crippen LogP contribution is 2.42. The summed E-state index contributed by atoms with van der Waals surface area (Å²) in [5.74, 6) is 2.02. The van der Waals surface area contributed by atoms with Gasteiger partial charge in [0, 0.05) is 23.7 Å². The Labute approximate surface area is 249 Å². The average molecular weight is 596 g/mol. The van der Waals surface area contributed by atoms with Crippen LogP contribution in [0, 0.1) is 5.92 Å². The molecule has 0 bridgehead atoms. The molecule has 2 aromatic carbocycles. The SMILES string of the molecule is CN1CCC(COc2cccc(-c3sc(Cc4cccnc4Oc4ccccc4C(C)(C)C)nc3C(F)(F)F)c2)CC1. The summed E-state index contributed by atoms with van der Waals surface area (Å²) in [6, 6.07) is 18.2. The number of ether oxygens (including phenoxy) is 2. The molecule has 5 rings (SSSR count). The smallest absolute Gasteiger partial charge is 0.434 e. The van der Waals surface area contributed by atoms with Crippen LogP contribution in [-0.4, -0.2) is 41.6 Å². The van der Waals surface area contributed by atoms with E-state index >= 15 is 0 Å². The first kappa shape index (κ1) is 30.0. The molecule has 1 aliphatic rings. The summed E-state index contributed by atoms with van der Waals surface area (Å²) in [4.78, 5) is 10.9. The number of thiazole rings is 1. The van der Waals surface area contributed by atoms with Crippen LogP contribution in [0.25, 0.3) is 10.4 Å². The molecule has 222 valence electrons. The lowest BCUT2D eigenvalue weighted by atomic mass is 9.86. The second-order valence-corrected chi connectivity index (χ2v) is 12.9. The van der Waals surface area contributed by atoms with Gasteiger partial charge in [-0.3, -0.25) is 0 Å². The van der Waals surface area contributed by atoms with Gasteiger partial charge in [0.25, 0.3) is 0 Å². The van der Waals surface area contributed by atoms with Crippen LogP contribution in [0.1, 0.15) is 55.4 Å². The minimum absolute atomic E-state index is 0.0756. The molecule has 2 aromatic heterocycles. The summed E-state index contributed by atoms with van der Waals surface area (Å²) >= 11 is 1.04. The van der Waals surface area contributed by atoms with Gasteiger partial charge in [-0.25, -0.2) is 9.97 Å². The topological polar surface area (TPSA) is 47.5 Å². The number of rotatable bonds is 8. The molecule has 1 aliphatic heterocycles. The Morgan fingerprint density at radius 2 is 1.74 bits per heavy atom. The van der Waals surface area contributed by atoms with Crippen LogP contribution in [-0.2, 0) is 18.0 Å². The van der Waals surface area contributed by atoms with Gasteiger partial charge in [-0.2, -0.15) is 13.2 Å². The third-order valence-electron chi connectivity index (χ3n) is 7.45. The lowest BCUT2D eigenvalue weighted by Crippen LogP contribution is -2.32. The molecule has 1 fully saturated rings. The minimum Gasteiger partial charge on any atom is -0.493 e. The summed E-state index contributed by atoms with van der Waals surface area (Å²) in [6.45, 7) is 8.90. The van der Waals surface area contributed by atoms with Crippen molar-refractivity contribution in [3.63, 3.8) is 0 Å². The number of likely N-dealkylation sites (tertiary alicyclic amines) is 1. The number of pyridine rings is 1. The maximum Gasteiger partial charge on any atom is 0.434 e. The lowest BCUT2D eigenvalue weighted by Gasteiger charge is -2.28. The number of nitrogens with zero attached hydrogens (tertiary/aromatic N) is 3. The summed E-state index contributed by atoms with van der Waals surface area (Å²) < 4.78 is 54.9. The molecule has 0 radical (unpaired) electrons. The van der Waals surface area contributed by atoms with E-state index in [1.165, 1.54) is 0 Å². The number of piperidine rings is 1. The van der Waals surface area contributed by atoms with Crippen LogP contribution in [0.5, 0.6) is 17.4 Å². The van der Waals surface area contributed by atoms with Crippen molar-refractivity contribution in [2.24, 2.45) is 5.92 Å². The van der Waals surface area contributed by atoms with E-state index in [1.54, 1.807) is 36.5 Å². The van der Waals surface area contributed by atoms with E-state index in [9.17, 15) is 13.2 Å². The van der Waals surface area contributed by atoms with Gasteiger partial charge in [0.05, 0.1) is 16.5 Å². The molecule has 3 heterocycles. The number of alkyl halides is 3. The van der Waals surface area contributed by atoms with Crippen molar-refractivity contribution in [3.05, 3.63) is 88.7 Å². The summed E-state index contributed by atoms with van der Waals surface area (Å²) in [6.07, 6.45) is -0.733. The van der Waals surface area contributed by atoms with Gasteiger partial charge in [-0.05, 0) is 74.1 Å². The predicted octanol–water partition coefficient (Wildman–Crippen LogP) is 8.63. The lowest BCUT2D eigenvalue weighted by molar-refractivity contribution is -0.140. The largest absolute Gasteiger partial charge is 0.493 e. The highest BCUT2D eigenvalue weighted by atomic mass is 32.1. The molecule has 1 saturated heterocycles. The zero-order chi connectivity index (χ0) is 29.9. The molecule has 42 heavy (non-hydrogen) atoms. The van der Waals surface area contributed by atoms with Crippen LogP contribution in [0.4, 0.5) is 13.2 Å². The fourth-order valence-electron chi connectivity index (χ4n) is 5.09. The van der Waals surface area contributed by atoms with Crippen molar-refractivity contribution < 1.29 is 22.6 Å². The third kappa shape index (κ3) is 7.31. The second-order valence-electron chi connectivity index (χ2n) is 11.9. The first-order valence-electron chi connectivity index (χ1n) is 14.2. The van der Waals surface area contributed by atoms with E-state index in [-0.39, 0.29) is 16.7 Å². The first-order chi connectivity index (χ1) is 20.0. The average Bonchev–Trinajstić information content (AvgIpc) is 3.38. The van der Waals surface area contributed by atoms with Gasteiger partial charge in [-0.15, -0.1) is 11.3 Å². The molecule has 0 aliphatic carbocycles. The summed E-state index contributed by atoms with van der Waals surface area (Å²) in [7, 11) is 2.11. The van der Waals surface area contributed by atoms with Gasteiger partial charge in [0.15, 0.2) is 5.69 Å². The Morgan fingerprint density at radius 1 is 0.976 bits per heavy atom. The van der Waals surface area contributed by atoms with E-state index in [2.05, 4.69) is 42.7 Å².